The summed E-state index contributed by atoms with van der Waals surface area (Å²) in [6, 6.07) is 14.2. The molecule has 0 atom stereocenters. The molecule has 2 N–H and O–H groups in total. The standard InChI is InChI=1S/C24H28N4O4/c1-17(29)25-20-8-6-19(7-9-20)23(30)26-22(24(31)28-12-14-32-15-13-28)16-18-4-10-21(11-5-18)27(2)3/h4-11,16H,12-15H2,1-3H3,(H,25,29)(H,26,30)/b22-16+. The zero-order valence-corrected chi connectivity index (χ0v) is 18.6. The van der Waals surface area contributed by atoms with E-state index in [0.717, 1.165) is 11.3 Å². The van der Waals surface area contributed by atoms with Gasteiger partial charge in [-0.3, -0.25) is 14.4 Å². The Balaban J connectivity index is 1.83. The highest BCUT2D eigenvalue weighted by molar-refractivity contribution is 6.05. The van der Waals surface area contributed by atoms with Crippen LogP contribution >= 0.6 is 0 Å². The summed E-state index contributed by atoms with van der Waals surface area (Å²) in [6.07, 6.45) is 1.68. The number of benzene rings is 2. The molecule has 0 saturated carbocycles. The van der Waals surface area contributed by atoms with Gasteiger partial charge in [-0.25, -0.2) is 0 Å². The molecule has 168 valence electrons. The molecule has 0 radical (unpaired) electrons. The molecule has 32 heavy (non-hydrogen) atoms. The van der Waals surface area contributed by atoms with Crippen molar-refractivity contribution < 1.29 is 19.1 Å². The predicted octanol–water partition coefficient (Wildman–Crippen LogP) is 2.34. The van der Waals surface area contributed by atoms with Gasteiger partial charge in [0.25, 0.3) is 11.8 Å². The third-order valence-corrected chi connectivity index (χ3v) is 4.96. The van der Waals surface area contributed by atoms with E-state index in [2.05, 4.69) is 10.6 Å². The average Bonchev–Trinajstić information content (AvgIpc) is 2.79. The van der Waals surface area contributed by atoms with Crippen LogP contribution in [0.2, 0.25) is 0 Å². The van der Waals surface area contributed by atoms with E-state index in [1.54, 1.807) is 35.2 Å². The summed E-state index contributed by atoms with van der Waals surface area (Å²) in [5, 5.41) is 5.43. The number of ether oxygens (including phenoxy) is 1. The number of amides is 3. The number of carbonyl (C=O) groups excluding carboxylic acids is 3. The van der Waals surface area contributed by atoms with E-state index in [1.807, 2.05) is 43.3 Å². The molecule has 3 amide bonds. The smallest absolute Gasteiger partial charge is 0.270 e. The van der Waals surface area contributed by atoms with E-state index in [1.165, 1.54) is 6.92 Å². The molecule has 1 aliphatic rings. The highest BCUT2D eigenvalue weighted by Gasteiger charge is 2.22. The molecule has 1 fully saturated rings. The zero-order chi connectivity index (χ0) is 23.1. The second kappa shape index (κ2) is 10.6. The van der Waals surface area contributed by atoms with Gasteiger partial charge in [-0.15, -0.1) is 0 Å². The molecular weight excluding hydrogens is 408 g/mol. The van der Waals surface area contributed by atoms with Crippen molar-refractivity contribution in [2.24, 2.45) is 0 Å². The van der Waals surface area contributed by atoms with E-state index < -0.39 is 5.91 Å². The second-order valence-corrected chi connectivity index (χ2v) is 7.66. The van der Waals surface area contributed by atoms with E-state index in [9.17, 15) is 14.4 Å². The number of nitrogens with one attached hydrogen (secondary N) is 2. The largest absolute Gasteiger partial charge is 0.378 e. The van der Waals surface area contributed by atoms with E-state index in [0.29, 0.717) is 37.6 Å². The average molecular weight is 437 g/mol. The van der Waals surface area contributed by atoms with Crippen molar-refractivity contribution >= 4 is 35.2 Å². The quantitative estimate of drug-likeness (QED) is 0.679. The summed E-state index contributed by atoms with van der Waals surface area (Å²) in [7, 11) is 3.91. The van der Waals surface area contributed by atoms with Crippen molar-refractivity contribution in [1.29, 1.82) is 0 Å². The molecule has 8 heteroatoms. The van der Waals surface area contributed by atoms with Crippen LogP contribution in [0, 0.1) is 0 Å². The summed E-state index contributed by atoms with van der Waals surface area (Å²) in [6.45, 7) is 3.29. The van der Waals surface area contributed by atoms with Gasteiger partial charge in [0.15, 0.2) is 0 Å². The molecule has 8 nitrogen and oxygen atoms in total. The fourth-order valence-electron chi connectivity index (χ4n) is 3.23. The highest BCUT2D eigenvalue weighted by Crippen LogP contribution is 2.16. The molecule has 3 rings (SSSR count). The fraction of sp³-hybridized carbons (Fsp3) is 0.292. The van der Waals surface area contributed by atoms with Gasteiger partial charge in [-0.1, -0.05) is 12.1 Å². The lowest BCUT2D eigenvalue weighted by Gasteiger charge is -2.28. The van der Waals surface area contributed by atoms with Crippen LogP contribution in [0.4, 0.5) is 11.4 Å². The predicted molar refractivity (Wildman–Crippen MR) is 124 cm³/mol. The maximum Gasteiger partial charge on any atom is 0.270 e. The Morgan fingerprint density at radius 2 is 1.59 bits per heavy atom. The van der Waals surface area contributed by atoms with Gasteiger partial charge < -0.3 is 25.2 Å². The Bertz CT molecular complexity index is 992. The summed E-state index contributed by atoms with van der Waals surface area (Å²) < 4.78 is 5.34. The molecule has 1 aliphatic heterocycles. The van der Waals surface area contributed by atoms with Crippen LogP contribution in [0.1, 0.15) is 22.8 Å². The minimum atomic E-state index is -0.405. The molecule has 1 saturated heterocycles. The Hall–Kier alpha value is -3.65. The molecule has 0 bridgehead atoms. The van der Waals surface area contributed by atoms with E-state index >= 15 is 0 Å². The van der Waals surface area contributed by atoms with E-state index in [4.69, 9.17) is 4.74 Å². The first-order valence-corrected chi connectivity index (χ1v) is 10.4. The Labute approximate surface area is 187 Å². The van der Waals surface area contributed by atoms with Crippen molar-refractivity contribution in [3.63, 3.8) is 0 Å². The SMILES string of the molecule is CC(=O)Nc1ccc(C(=O)N/C(=C/c2ccc(N(C)C)cc2)C(=O)N2CCOCC2)cc1. The molecular formula is C24H28N4O4. The first-order chi connectivity index (χ1) is 15.3. The first kappa shape index (κ1) is 23.0. The summed E-state index contributed by atoms with van der Waals surface area (Å²) >= 11 is 0. The fourth-order valence-corrected chi connectivity index (χ4v) is 3.23. The molecule has 0 spiro atoms. The first-order valence-electron chi connectivity index (χ1n) is 10.4. The summed E-state index contributed by atoms with van der Waals surface area (Å²) in [5.74, 6) is -0.853. The summed E-state index contributed by atoms with van der Waals surface area (Å²) in [4.78, 5) is 40.9. The zero-order valence-electron chi connectivity index (χ0n) is 18.6. The maximum absolute atomic E-state index is 13.2. The molecule has 0 aromatic heterocycles. The van der Waals surface area contributed by atoms with Gasteiger partial charge in [0.2, 0.25) is 5.91 Å². The van der Waals surface area contributed by atoms with Crippen LogP contribution in [-0.4, -0.2) is 63.0 Å². The minimum absolute atomic E-state index is 0.191. The Morgan fingerprint density at radius 3 is 2.16 bits per heavy atom. The van der Waals surface area contributed by atoms with Crippen molar-refractivity contribution in [2.45, 2.75) is 6.92 Å². The number of hydrogen-bond donors (Lipinski definition) is 2. The van der Waals surface area contributed by atoms with Gasteiger partial charge in [-0.2, -0.15) is 0 Å². The number of carbonyl (C=O) groups is 3. The molecule has 0 unspecified atom stereocenters. The highest BCUT2D eigenvalue weighted by atomic mass is 16.5. The van der Waals surface area contributed by atoms with Gasteiger partial charge in [0, 0.05) is 51.0 Å². The van der Waals surface area contributed by atoms with Gasteiger partial charge in [0.05, 0.1) is 13.2 Å². The second-order valence-electron chi connectivity index (χ2n) is 7.66. The molecule has 0 aliphatic carbocycles. The third-order valence-electron chi connectivity index (χ3n) is 4.96. The van der Waals surface area contributed by atoms with Crippen LogP contribution in [0.25, 0.3) is 6.08 Å². The lowest BCUT2D eigenvalue weighted by Crippen LogP contribution is -2.44. The Kier molecular flexibility index (Phi) is 7.62. The van der Waals surface area contributed by atoms with Gasteiger partial charge >= 0.3 is 0 Å². The van der Waals surface area contributed by atoms with Crippen LogP contribution in [-0.2, 0) is 14.3 Å². The minimum Gasteiger partial charge on any atom is -0.378 e. The van der Waals surface area contributed by atoms with Gasteiger partial charge in [0.1, 0.15) is 5.70 Å². The third kappa shape index (κ3) is 6.18. The summed E-state index contributed by atoms with van der Waals surface area (Å²) in [5.41, 5.74) is 3.00. The van der Waals surface area contributed by atoms with Crippen molar-refractivity contribution in [3.8, 4) is 0 Å². The number of nitrogens with zero attached hydrogens (tertiary/aromatic N) is 2. The number of anilines is 2. The lowest BCUT2D eigenvalue weighted by atomic mass is 10.1. The maximum atomic E-state index is 13.2. The topological polar surface area (TPSA) is 91.0 Å². The van der Waals surface area contributed by atoms with Crippen molar-refractivity contribution in [2.75, 3.05) is 50.6 Å². The van der Waals surface area contributed by atoms with E-state index in [-0.39, 0.29) is 17.5 Å². The molecule has 1 heterocycles. The Morgan fingerprint density at radius 1 is 0.969 bits per heavy atom. The number of rotatable bonds is 6. The lowest BCUT2D eigenvalue weighted by molar-refractivity contribution is -0.131. The number of morpholine rings is 1. The van der Waals surface area contributed by atoms with Crippen LogP contribution in [0.15, 0.2) is 54.2 Å². The molecule has 2 aromatic carbocycles. The molecule has 2 aromatic rings. The van der Waals surface area contributed by atoms with Gasteiger partial charge in [-0.05, 0) is 48.0 Å². The van der Waals surface area contributed by atoms with Crippen molar-refractivity contribution in [1.82, 2.24) is 10.2 Å². The van der Waals surface area contributed by atoms with Crippen LogP contribution in [0.3, 0.4) is 0 Å². The monoisotopic (exact) mass is 436 g/mol. The van der Waals surface area contributed by atoms with Crippen LogP contribution in [0.5, 0.6) is 0 Å². The normalized spacial score (nSPS) is 14.0. The van der Waals surface area contributed by atoms with Crippen molar-refractivity contribution in [3.05, 3.63) is 65.4 Å². The van der Waals surface area contributed by atoms with Crippen LogP contribution < -0.4 is 15.5 Å². The number of hydrogen-bond acceptors (Lipinski definition) is 5.